The minimum absolute atomic E-state index is 0.0138. The average Bonchev–Trinajstić information content (AvgIpc) is 2.87. The zero-order chi connectivity index (χ0) is 19.9. The van der Waals surface area contributed by atoms with Crippen molar-refractivity contribution in [1.82, 2.24) is 0 Å². The molecule has 0 spiro atoms. The molecule has 0 aliphatic carbocycles. The van der Waals surface area contributed by atoms with Crippen LogP contribution in [0.3, 0.4) is 0 Å². The molecule has 9 heteroatoms. The molecule has 140 valence electrons. The number of nitrogens with one attached hydrogen (secondary N) is 1. The van der Waals surface area contributed by atoms with Gasteiger partial charge >= 0.3 is 5.97 Å². The summed E-state index contributed by atoms with van der Waals surface area (Å²) in [7, 11) is 0. The van der Waals surface area contributed by atoms with Crippen LogP contribution in [0.25, 0.3) is 0 Å². The number of carbonyl (C=O) groups is 3. The van der Waals surface area contributed by atoms with Crippen LogP contribution in [0.5, 0.6) is 0 Å². The molecule has 3 rings (SSSR count). The fraction of sp³-hybridized carbons (Fsp3) is 0.167. The number of rotatable bonds is 4. The van der Waals surface area contributed by atoms with Crippen LogP contribution >= 0.6 is 34.8 Å². The number of nitrogens with zero attached hydrogens (tertiary/aromatic N) is 1. The van der Waals surface area contributed by atoms with Gasteiger partial charge in [-0.1, -0.05) is 40.9 Å². The van der Waals surface area contributed by atoms with Crippen molar-refractivity contribution >= 4 is 64.0 Å². The predicted octanol–water partition coefficient (Wildman–Crippen LogP) is 4.40. The normalized spacial score (nSPS) is 16.7. The Balaban J connectivity index is 1.91. The number of hydrogen-bond donors (Lipinski definition) is 2. The van der Waals surface area contributed by atoms with Crippen molar-refractivity contribution in [2.24, 2.45) is 0 Å². The lowest BCUT2D eigenvalue weighted by Crippen LogP contribution is -2.35. The second-order valence-electron chi connectivity index (χ2n) is 6.02. The van der Waals surface area contributed by atoms with E-state index in [1.165, 1.54) is 24.3 Å². The summed E-state index contributed by atoms with van der Waals surface area (Å²) in [6.45, 7) is 1.69. The summed E-state index contributed by atoms with van der Waals surface area (Å²) in [6.07, 6.45) is -0.105. The smallest absolute Gasteiger partial charge is 0.335 e. The van der Waals surface area contributed by atoms with Gasteiger partial charge in [0.15, 0.2) is 0 Å². The Kier molecular flexibility index (Phi) is 5.33. The van der Waals surface area contributed by atoms with Crippen molar-refractivity contribution in [1.29, 1.82) is 0 Å². The van der Waals surface area contributed by atoms with E-state index in [1.807, 2.05) is 0 Å². The second kappa shape index (κ2) is 7.38. The lowest BCUT2D eigenvalue weighted by molar-refractivity contribution is -0.121. The molecular formula is C18H13Cl3N2O4. The van der Waals surface area contributed by atoms with Crippen LogP contribution in [-0.2, 0) is 9.59 Å². The van der Waals surface area contributed by atoms with Gasteiger partial charge in [0.25, 0.3) is 5.91 Å². The third kappa shape index (κ3) is 3.74. The first-order valence-electron chi connectivity index (χ1n) is 7.81. The van der Waals surface area contributed by atoms with E-state index >= 15 is 0 Å². The Labute approximate surface area is 169 Å². The van der Waals surface area contributed by atoms with Gasteiger partial charge in [-0.15, -0.1) is 0 Å². The quantitative estimate of drug-likeness (QED) is 0.558. The van der Waals surface area contributed by atoms with Gasteiger partial charge in [-0.3, -0.25) is 9.59 Å². The number of halogens is 3. The Morgan fingerprint density at radius 2 is 1.78 bits per heavy atom. The van der Waals surface area contributed by atoms with Gasteiger partial charge in [0.1, 0.15) is 6.04 Å². The van der Waals surface area contributed by atoms with Crippen LogP contribution in [0.4, 0.5) is 11.4 Å². The third-order valence-electron chi connectivity index (χ3n) is 4.18. The van der Waals surface area contributed by atoms with Gasteiger partial charge in [0, 0.05) is 0 Å². The summed E-state index contributed by atoms with van der Waals surface area (Å²) < 4.78 is 0. The first-order chi connectivity index (χ1) is 12.7. The van der Waals surface area contributed by atoms with Crippen LogP contribution in [-0.4, -0.2) is 28.9 Å². The molecular weight excluding hydrogens is 415 g/mol. The maximum absolute atomic E-state index is 12.8. The molecule has 1 aliphatic heterocycles. The molecule has 1 aliphatic rings. The van der Waals surface area contributed by atoms with Crippen molar-refractivity contribution < 1.29 is 19.5 Å². The minimum atomic E-state index is -1.15. The summed E-state index contributed by atoms with van der Waals surface area (Å²) in [5.74, 6) is -2.10. The number of aromatic carboxylic acids is 1. The van der Waals surface area contributed by atoms with Crippen LogP contribution in [0.2, 0.25) is 15.1 Å². The molecule has 0 aromatic heterocycles. The Morgan fingerprint density at radius 1 is 1.11 bits per heavy atom. The van der Waals surface area contributed by atoms with Crippen molar-refractivity contribution in [3.63, 3.8) is 0 Å². The van der Waals surface area contributed by atoms with Crippen LogP contribution in [0.1, 0.15) is 22.3 Å². The first kappa shape index (κ1) is 19.5. The van der Waals surface area contributed by atoms with Crippen molar-refractivity contribution in [2.75, 3.05) is 10.2 Å². The van der Waals surface area contributed by atoms with Gasteiger partial charge in [0.05, 0.1) is 38.4 Å². The molecule has 2 aromatic rings. The highest BCUT2D eigenvalue weighted by Gasteiger charge is 2.40. The molecule has 0 radical (unpaired) electrons. The Bertz CT molecular complexity index is 977. The van der Waals surface area contributed by atoms with Gasteiger partial charge in [-0.2, -0.15) is 0 Å². The number of benzene rings is 2. The van der Waals surface area contributed by atoms with E-state index in [4.69, 9.17) is 39.9 Å². The molecule has 0 bridgehead atoms. The zero-order valence-corrected chi connectivity index (χ0v) is 16.2. The van der Waals surface area contributed by atoms with E-state index in [2.05, 4.69) is 5.32 Å². The van der Waals surface area contributed by atoms with E-state index in [-0.39, 0.29) is 32.7 Å². The van der Waals surface area contributed by atoms with Crippen LogP contribution in [0, 0.1) is 6.92 Å². The summed E-state index contributed by atoms with van der Waals surface area (Å²) in [5.41, 5.74) is 1.21. The summed E-state index contributed by atoms with van der Waals surface area (Å²) in [5, 5.41) is 12.8. The van der Waals surface area contributed by atoms with Crippen LogP contribution < -0.4 is 10.2 Å². The minimum Gasteiger partial charge on any atom is -0.478 e. The maximum Gasteiger partial charge on any atom is 0.335 e. The number of carboxylic acids is 1. The summed E-state index contributed by atoms with van der Waals surface area (Å²) >= 11 is 18.0. The van der Waals surface area contributed by atoms with E-state index < -0.39 is 23.8 Å². The molecule has 2 amide bonds. The SMILES string of the molecule is Cc1ccc(C(=O)O)cc1N1C(=O)CC(Nc2cc(Cl)c(Cl)cc2Cl)C1=O. The molecule has 0 saturated carbocycles. The van der Waals surface area contributed by atoms with Crippen LogP contribution in [0.15, 0.2) is 30.3 Å². The highest BCUT2D eigenvalue weighted by molar-refractivity contribution is 6.44. The fourth-order valence-corrected chi connectivity index (χ4v) is 3.40. The molecule has 1 saturated heterocycles. The Hall–Kier alpha value is -2.28. The molecule has 27 heavy (non-hydrogen) atoms. The van der Waals surface area contributed by atoms with Gasteiger partial charge < -0.3 is 10.4 Å². The molecule has 2 aromatic carbocycles. The fourth-order valence-electron chi connectivity index (χ4n) is 2.80. The first-order valence-corrected chi connectivity index (χ1v) is 8.94. The number of aryl methyl sites for hydroxylation is 1. The number of hydrogen-bond acceptors (Lipinski definition) is 4. The predicted molar refractivity (Wildman–Crippen MR) is 104 cm³/mol. The Morgan fingerprint density at radius 3 is 2.44 bits per heavy atom. The molecule has 1 fully saturated rings. The van der Waals surface area contributed by atoms with Crippen molar-refractivity contribution in [3.05, 3.63) is 56.5 Å². The van der Waals surface area contributed by atoms with Gasteiger partial charge in [-0.05, 0) is 36.8 Å². The summed E-state index contributed by atoms with van der Waals surface area (Å²) in [4.78, 5) is 37.5. The van der Waals surface area contributed by atoms with Gasteiger partial charge in [0.2, 0.25) is 5.91 Å². The largest absolute Gasteiger partial charge is 0.478 e. The lowest BCUT2D eigenvalue weighted by Gasteiger charge is -2.19. The summed E-state index contributed by atoms with van der Waals surface area (Å²) in [6, 6.07) is 6.33. The highest BCUT2D eigenvalue weighted by atomic mass is 35.5. The molecule has 1 unspecified atom stereocenters. The number of carbonyl (C=O) groups excluding carboxylic acids is 2. The maximum atomic E-state index is 12.8. The number of anilines is 2. The number of imide groups is 1. The van der Waals surface area contributed by atoms with E-state index in [1.54, 1.807) is 13.0 Å². The lowest BCUT2D eigenvalue weighted by atomic mass is 10.1. The monoisotopic (exact) mass is 426 g/mol. The number of amides is 2. The second-order valence-corrected chi connectivity index (χ2v) is 7.24. The molecule has 6 nitrogen and oxygen atoms in total. The van der Waals surface area contributed by atoms with E-state index in [0.717, 1.165) is 4.90 Å². The molecule has 2 N–H and O–H groups in total. The average molecular weight is 428 g/mol. The highest BCUT2D eigenvalue weighted by Crippen LogP contribution is 2.34. The van der Waals surface area contributed by atoms with E-state index in [0.29, 0.717) is 11.3 Å². The number of carboxylic acid groups (broad SMARTS) is 1. The molecule has 1 atom stereocenters. The zero-order valence-electron chi connectivity index (χ0n) is 13.9. The van der Waals surface area contributed by atoms with Gasteiger partial charge in [-0.25, -0.2) is 9.69 Å². The topological polar surface area (TPSA) is 86.7 Å². The standard InChI is InChI=1S/C18H13Cl3N2O4/c1-8-2-3-9(18(26)27)4-15(8)23-16(24)7-14(17(23)25)22-13-6-11(20)10(19)5-12(13)21/h2-6,14,22H,7H2,1H3,(H,26,27). The molecule has 1 heterocycles. The third-order valence-corrected chi connectivity index (χ3v) is 5.22. The van der Waals surface area contributed by atoms with Crippen molar-refractivity contribution in [2.45, 2.75) is 19.4 Å². The van der Waals surface area contributed by atoms with Crippen molar-refractivity contribution in [3.8, 4) is 0 Å². The van der Waals surface area contributed by atoms with E-state index in [9.17, 15) is 14.4 Å².